The van der Waals surface area contributed by atoms with E-state index in [1.807, 2.05) is 12.3 Å². The van der Waals surface area contributed by atoms with Gasteiger partial charge in [0.25, 0.3) is 0 Å². The van der Waals surface area contributed by atoms with E-state index >= 15 is 0 Å². The molecular weight excluding hydrogens is 206 g/mol. The molecule has 0 aliphatic heterocycles. The van der Waals surface area contributed by atoms with Crippen LogP contribution >= 0.6 is 0 Å². The van der Waals surface area contributed by atoms with Crippen LogP contribution < -0.4 is 0 Å². The molecule has 0 N–H and O–H groups in total. The Hall–Kier alpha value is -0.850. The lowest BCUT2D eigenvalue weighted by Gasteiger charge is -2.28. The van der Waals surface area contributed by atoms with Gasteiger partial charge in [0.05, 0.1) is 0 Å². The summed E-state index contributed by atoms with van der Waals surface area (Å²) in [6, 6.07) is 6.35. The van der Waals surface area contributed by atoms with Crippen molar-refractivity contribution in [1.29, 1.82) is 0 Å². The van der Waals surface area contributed by atoms with Crippen molar-refractivity contribution >= 4 is 0 Å². The quantitative estimate of drug-likeness (QED) is 0.654. The highest BCUT2D eigenvalue weighted by Gasteiger charge is 2.23. The molecule has 1 aromatic rings. The summed E-state index contributed by atoms with van der Waals surface area (Å²) in [4.78, 5) is 4.53. The Balaban J connectivity index is 1.84. The molecule has 0 amide bonds. The van der Waals surface area contributed by atoms with Gasteiger partial charge in [0, 0.05) is 17.8 Å². The van der Waals surface area contributed by atoms with Crippen LogP contribution in [0.2, 0.25) is 0 Å². The molecule has 0 aromatic carbocycles. The number of nitrogens with zero attached hydrogens (tertiary/aromatic N) is 1. The van der Waals surface area contributed by atoms with Gasteiger partial charge in [-0.3, -0.25) is 4.98 Å². The zero-order valence-corrected chi connectivity index (χ0v) is 11.1. The summed E-state index contributed by atoms with van der Waals surface area (Å²) in [7, 11) is 0. The second-order valence-electron chi connectivity index (χ2n) is 5.48. The average molecular weight is 231 g/mol. The van der Waals surface area contributed by atoms with E-state index in [1.165, 1.54) is 57.1 Å². The summed E-state index contributed by atoms with van der Waals surface area (Å²) in [6.45, 7) is 2.29. The highest BCUT2D eigenvalue weighted by Crippen LogP contribution is 2.37. The molecule has 0 radical (unpaired) electrons. The average Bonchev–Trinajstić information content (AvgIpc) is 2.41. The SMILES string of the molecule is CCCCCC1CCC[C@@H](c2ccccn2)C1. The molecule has 94 valence electrons. The molecule has 1 aromatic heterocycles. The third kappa shape index (κ3) is 3.83. The Kier molecular flexibility index (Phi) is 5.03. The number of hydrogen-bond acceptors (Lipinski definition) is 1. The van der Waals surface area contributed by atoms with Crippen LogP contribution in [0.25, 0.3) is 0 Å². The zero-order chi connectivity index (χ0) is 11.9. The van der Waals surface area contributed by atoms with Gasteiger partial charge in [-0.15, -0.1) is 0 Å². The van der Waals surface area contributed by atoms with Crippen LogP contribution in [-0.2, 0) is 0 Å². The van der Waals surface area contributed by atoms with Crippen molar-refractivity contribution in [3.05, 3.63) is 30.1 Å². The van der Waals surface area contributed by atoms with E-state index in [-0.39, 0.29) is 0 Å². The summed E-state index contributed by atoms with van der Waals surface area (Å²) in [5.41, 5.74) is 1.33. The van der Waals surface area contributed by atoms with Gasteiger partial charge in [-0.2, -0.15) is 0 Å². The molecule has 0 saturated heterocycles. The molecule has 1 aliphatic carbocycles. The van der Waals surface area contributed by atoms with Gasteiger partial charge >= 0.3 is 0 Å². The Morgan fingerprint density at radius 2 is 2.18 bits per heavy atom. The first-order valence-corrected chi connectivity index (χ1v) is 7.31. The first-order valence-electron chi connectivity index (χ1n) is 7.31. The largest absolute Gasteiger partial charge is 0.261 e. The van der Waals surface area contributed by atoms with Crippen LogP contribution in [0.3, 0.4) is 0 Å². The predicted molar refractivity (Wildman–Crippen MR) is 73.1 cm³/mol. The van der Waals surface area contributed by atoms with Crippen LogP contribution in [0.4, 0.5) is 0 Å². The fraction of sp³-hybridized carbons (Fsp3) is 0.688. The van der Waals surface area contributed by atoms with Gasteiger partial charge in [-0.1, -0.05) is 51.5 Å². The molecular formula is C16H25N. The lowest BCUT2D eigenvalue weighted by Crippen LogP contribution is -2.15. The van der Waals surface area contributed by atoms with Gasteiger partial charge in [0.15, 0.2) is 0 Å². The molecule has 1 unspecified atom stereocenters. The maximum absolute atomic E-state index is 4.53. The summed E-state index contributed by atoms with van der Waals surface area (Å²) in [5, 5.41) is 0. The van der Waals surface area contributed by atoms with Gasteiger partial charge in [0.2, 0.25) is 0 Å². The van der Waals surface area contributed by atoms with E-state index < -0.39 is 0 Å². The monoisotopic (exact) mass is 231 g/mol. The maximum atomic E-state index is 4.53. The fourth-order valence-electron chi connectivity index (χ4n) is 3.12. The second kappa shape index (κ2) is 6.78. The topological polar surface area (TPSA) is 12.9 Å². The van der Waals surface area contributed by atoms with Crippen LogP contribution in [0.5, 0.6) is 0 Å². The maximum Gasteiger partial charge on any atom is 0.0434 e. The second-order valence-corrected chi connectivity index (χ2v) is 5.48. The molecule has 1 heterocycles. The van der Waals surface area contributed by atoms with Gasteiger partial charge in [0.1, 0.15) is 0 Å². The molecule has 1 heteroatoms. The van der Waals surface area contributed by atoms with Gasteiger partial charge < -0.3 is 0 Å². The predicted octanol–water partition coefficient (Wildman–Crippen LogP) is 4.94. The summed E-state index contributed by atoms with van der Waals surface area (Å²) < 4.78 is 0. The van der Waals surface area contributed by atoms with E-state index in [9.17, 15) is 0 Å². The Labute approximate surface area is 106 Å². The van der Waals surface area contributed by atoms with E-state index in [0.29, 0.717) is 0 Å². The Morgan fingerprint density at radius 1 is 1.24 bits per heavy atom. The summed E-state index contributed by atoms with van der Waals surface area (Å²) in [5.74, 6) is 1.69. The highest BCUT2D eigenvalue weighted by atomic mass is 14.7. The van der Waals surface area contributed by atoms with Crippen molar-refractivity contribution in [3.63, 3.8) is 0 Å². The number of hydrogen-bond donors (Lipinski definition) is 0. The normalized spacial score (nSPS) is 24.8. The lowest BCUT2D eigenvalue weighted by atomic mass is 9.77. The van der Waals surface area contributed by atoms with Crippen molar-refractivity contribution < 1.29 is 0 Å². The lowest BCUT2D eigenvalue weighted by molar-refractivity contribution is 0.295. The summed E-state index contributed by atoms with van der Waals surface area (Å²) >= 11 is 0. The molecule has 17 heavy (non-hydrogen) atoms. The fourth-order valence-corrected chi connectivity index (χ4v) is 3.12. The highest BCUT2D eigenvalue weighted by molar-refractivity contribution is 5.10. The molecule has 0 spiro atoms. The zero-order valence-electron chi connectivity index (χ0n) is 11.1. The smallest absolute Gasteiger partial charge is 0.0434 e. The van der Waals surface area contributed by atoms with Crippen LogP contribution in [0.1, 0.15) is 69.9 Å². The van der Waals surface area contributed by atoms with Crippen molar-refractivity contribution in [2.24, 2.45) is 5.92 Å². The Morgan fingerprint density at radius 3 is 2.94 bits per heavy atom. The number of pyridine rings is 1. The first-order chi connectivity index (χ1) is 8.40. The summed E-state index contributed by atoms with van der Waals surface area (Å²) in [6.07, 6.45) is 13.1. The molecule has 1 fully saturated rings. The van der Waals surface area contributed by atoms with Crippen LogP contribution in [0, 0.1) is 5.92 Å². The van der Waals surface area contributed by atoms with E-state index in [4.69, 9.17) is 0 Å². The van der Waals surface area contributed by atoms with Gasteiger partial charge in [-0.05, 0) is 30.9 Å². The standard InChI is InChI=1S/C16H25N/c1-2-3-4-8-14-9-7-10-15(13-14)16-11-5-6-12-17-16/h5-6,11-12,14-15H,2-4,7-10,13H2,1H3/t14?,15-/m1/s1. The van der Waals surface area contributed by atoms with Crippen LogP contribution in [0.15, 0.2) is 24.4 Å². The number of unbranched alkanes of at least 4 members (excludes halogenated alkanes) is 2. The van der Waals surface area contributed by atoms with E-state index in [2.05, 4.69) is 24.0 Å². The van der Waals surface area contributed by atoms with Gasteiger partial charge in [-0.25, -0.2) is 0 Å². The molecule has 2 rings (SSSR count). The molecule has 1 nitrogen and oxygen atoms in total. The minimum atomic E-state index is 0.733. The van der Waals surface area contributed by atoms with Crippen molar-refractivity contribution in [2.75, 3.05) is 0 Å². The third-order valence-electron chi connectivity index (χ3n) is 4.10. The molecule has 2 atom stereocenters. The number of aromatic nitrogens is 1. The Bertz CT molecular complexity index is 307. The van der Waals surface area contributed by atoms with Crippen molar-refractivity contribution in [2.45, 2.75) is 64.2 Å². The van der Waals surface area contributed by atoms with Crippen molar-refractivity contribution in [3.8, 4) is 0 Å². The number of rotatable bonds is 5. The van der Waals surface area contributed by atoms with E-state index in [1.54, 1.807) is 0 Å². The third-order valence-corrected chi connectivity index (χ3v) is 4.10. The first kappa shape index (κ1) is 12.6. The minimum absolute atomic E-state index is 0.733. The van der Waals surface area contributed by atoms with E-state index in [0.717, 1.165) is 11.8 Å². The van der Waals surface area contributed by atoms with Crippen LogP contribution in [-0.4, -0.2) is 4.98 Å². The molecule has 0 bridgehead atoms. The minimum Gasteiger partial charge on any atom is -0.261 e. The molecule has 1 aliphatic rings. The van der Waals surface area contributed by atoms with Crippen molar-refractivity contribution in [1.82, 2.24) is 4.98 Å². The molecule has 1 saturated carbocycles.